The summed E-state index contributed by atoms with van der Waals surface area (Å²) >= 11 is 0. The van der Waals surface area contributed by atoms with Gasteiger partial charge in [0, 0.05) is 25.1 Å². The van der Waals surface area contributed by atoms with E-state index >= 15 is 0 Å². The fraction of sp³-hybridized carbons (Fsp3) is 0.400. The molecule has 0 radical (unpaired) electrons. The van der Waals surface area contributed by atoms with Gasteiger partial charge in [0.05, 0.1) is 5.69 Å². The molecule has 0 bridgehead atoms. The van der Waals surface area contributed by atoms with Crippen LogP contribution in [-0.2, 0) is 19.5 Å². The monoisotopic (exact) mass is 205 g/mol. The van der Waals surface area contributed by atoms with Crippen molar-refractivity contribution in [1.29, 1.82) is 0 Å². The fourth-order valence-electron chi connectivity index (χ4n) is 1.80. The van der Waals surface area contributed by atoms with Crippen LogP contribution in [0.1, 0.15) is 21.7 Å². The Labute approximate surface area is 87.1 Å². The Morgan fingerprint density at radius 3 is 3.20 bits per heavy atom. The van der Waals surface area contributed by atoms with E-state index in [2.05, 4.69) is 16.3 Å². The van der Waals surface area contributed by atoms with Crippen molar-refractivity contribution in [3.63, 3.8) is 0 Å². The standard InChI is InChI=1S/C10H11N3O2/c1-2-5-13-9(10(14)15)7-6-11-4-3-8(7)12-13/h1,11H,3-6H2,(H,14,15). The smallest absolute Gasteiger partial charge is 0.354 e. The number of aromatic carboxylic acids is 1. The molecule has 1 aliphatic rings. The van der Waals surface area contributed by atoms with Crippen LogP contribution in [0, 0.1) is 12.3 Å². The number of nitrogens with zero attached hydrogens (tertiary/aromatic N) is 2. The van der Waals surface area contributed by atoms with Crippen LogP contribution in [0.15, 0.2) is 0 Å². The van der Waals surface area contributed by atoms with E-state index < -0.39 is 5.97 Å². The van der Waals surface area contributed by atoms with Crippen molar-refractivity contribution in [1.82, 2.24) is 15.1 Å². The van der Waals surface area contributed by atoms with Gasteiger partial charge in [0.25, 0.3) is 0 Å². The lowest BCUT2D eigenvalue weighted by molar-refractivity contribution is 0.0682. The fourth-order valence-corrected chi connectivity index (χ4v) is 1.80. The van der Waals surface area contributed by atoms with Gasteiger partial charge in [0.1, 0.15) is 6.54 Å². The molecule has 0 amide bonds. The van der Waals surface area contributed by atoms with E-state index in [9.17, 15) is 4.79 Å². The van der Waals surface area contributed by atoms with Crippen LogP contribution in [-0.4, -0.2) is 27.4 Å². The van der Waals surface area contributed by atoms with Crippen molar-refractivity contribution in [2.45, 2.75) is 19.5 Å². The van der Waals surface area contributed by atoms with Gasteiger partial charge in [-0.15, -0.1) is 6.42 Å². The predicted octanol–water partition coefficient (Wildman–Crippen LogP) is -0.140. The second-order valence-corrected chi connectivity index (χ2v) is 3.37. The number of terminal acetylenes is 1. The molecule has 2 heterocycles. The number of carboxylic acids is 1. The molecule has 1 aromatic heterocycles. The minimum atomic E-state index is -0.970. The molecular formula is C10H11N3O2. The second kappa shape index (κ2) is 3.75. The number of carboxylic acid groups (broad SMARTS) is 1. The van der Waals surface area contributed by atoms with Gasteiger partial charge in [-0.3, -0.25) is 0 Å². The quantitative estimate of drug-likeness (QED) is 0.659. The molecule has 0 aromatic carbocycles. The lowest BCUT2D eigenvalue weighted by Crippen LogP contribution is -2.24. The molecule has 0 fully saturated rings. The Bertz CT molecular complexity index is 442. The average Bonchev–Trinajstić information content (AvgIpc) is 2.56. The molecule has 0 saturated heterocycles. The van der Waals surface area contributed by atoms with E-state index in [4.69, 9.17) is 11.5 Å². The number of aromatic nitrogens is 2. The van der Waals surface area contributed by atoms with Crippen molar-refractivity contribution in [2.24, 2.45) is 0 Å². The predicted molar refractivity (Wildman–Crippen MR) is 53.4 cm³/mol. The van der Waals surface area contributed by atoms with Gasteiger partial charge >= 0.3 is 5.97 Å². The third-order valence-corrected chi connectivity index (χ3v) is 2.42. The zero-order valence-corrected chi connectivity index (χ0v) is 8.16. The number of hydrogen-bond acceptors (Lipinski definition) is 3. The van der Waals surface area contributed by atoms with Crippen LogP contribution >= 0.6 is 0 Å². The Balaban J connectivity index is 2.51. The van der Waals surface area contributed by atoms with E-state index in [0.29, 0.717) is 6.54 Å². The van der Waals surface area contributed by atoms with E-state index in [1.807, 2.05) is 0 Å². The highest BCUT2D eigenvalue weighted by Crippen LogP contribution is 2.17. The SMILES string of the molecule is C#CCn1nc2c(c1C(=O)O)CNCC2. The molecule has 0 aliphatic carbocycles. The molecule has 2 N–H and O–H groups in total. The molecule has 1 aromatic rings. The summed E-state index contributed by atoms with van der Waals surface area (Å²) in [7, 11) is 0. The van der Waals surface area contributed by atoms with E-state index in [1.165, 1.54) is 4.68 Å². The Hall–Kier alpha value is -1.80. The van der Waals surface area contributed by atoms with Gasteiger partial charge in [-0.1, -0.05) is 5.92 Å². The van der Waals surface area contributed by atoms with Gasteiger partial charge in [-0.25, -0.2) is 9.48 Å². The molecule has 15 heavy (non-hydrogen) atoms. The maximum atomic E-state index is 11.1. The summed E-state index contributed by atoms with van der Waals surface area (Å²) in [6, 6.07) is 0. The summed E-state index contributed by atoms with van der Waals surface area (Å²) < 4.78 is 1.39. The van der Waals surface area contributed by atoms with E-state index in [0.717, 1.165) is 24.2 Å². The second-order valence-electron chi connectivity index (χ2n) is 3.37. The van der Waals surface area contributed by atoms with Crippen LogP contribution in [0.3, 0.4) is 0 Å². The molecule has 1 aliphatic heterocycles. The summed E-state index contributed by atoms with van der Waals surface area (Å²) in [6.07, 6.45) is 5.93. The van der Waals surface area contributed by atoms with Gasteiger partial charge in [-0.2, -0.15) is 5.10 Å². The maximum absolute atomic E-state index is 11.1. The third-order valence-electron chi connectivity index (χ3n) is 2.42. The summed E-state index contributed by atoms with van der Waals surface area (Å²) in [4.78, 5) is 11.1. The minimum absolute atomic E-state index is 0.203. The molecule has 5 heteroatoms. The highest BCUT2D eigenvalue weighted by atomic mass is 16.4. The van der Waals surface area contributed by atoms with E-state index in [1.54, 1.807) is 0 Å². The third kappa shape index (κ3) is 1.60. The van der Waals surface area contributed by atoms with Crippen LogP contribution < -0.4 is 5.32 Å². The van der Waals surface area contributed by atoms with Gasteiger partial charge in [-0.05, 0) is 0 Å². The first-order valence-corrected chi connectivity index (χ1v) is 4.70. The number of carbonyl (C=O) groups is 1. The molecular weight excluding hydrogens is 194 g/mol. The van der Waals surface area contributed by atoms with Gasteiger partial charge < -0.3 is 10.4 Å². The van der Waals surface area contributed by atoms with Crippen molar-refractivity contribution >= 4 is 5.97 Å². The molecule has 2 rings (SSSR count). The Kier molecular flexibility index (Phi) is 2.44. The first-order valence-electron chi connectivity index (χ1n) is 4.70. The Morgan fingerprint density at radius 1 is 1.73 bits per heavy atom. The summed E-state index contributed by atoms with van der Waals surface area (Å²) in [5.74, 6) is 1.44. The largest absolute Gasteiger partial charge is 0.477 e. The van der Waals surface area contributed by atoms with Crippen molar-refractivity contribution in [3.05, 3.63) is 17.0 Å². The van der Waals surface area contributed by atoms with Crippen molar-refractivity contribution < 1.29 is 9.90 Å². The topological polar surface area (TPSA) is 67.2 Å². The molecule has 0 atom stereocenters. The number of rotatable bonds is 2. The number of nitrogens with one attached hydrogen (secondary N) is 1. The lowest BCUT2D eigenvalue weighted by atomic mass is 10.1. The maximum Gasteiger partial charge on any atom is 0.354 e. The highest BCUT2D eigenvalue weighted by Gasteiger charge is 2.24. The van der Waals surface area contributed by atoms with Crippen LogP contribution in [0.25, 0.3) is 0 Å². The first-order chi connectivity index (χ1) is 7.24. The van der Waals surface area contributed by atoms with Crippen molar-refractivity contribution in [3.8, 4) is 12.3 Å². The highest BCUT2D eigenvalue weighted by molar-refractivity contribution is 5.87. The van der Waals surface area contributed by atoms with Crippen molar-refractivity contribution in [2.75, 3.05) is 6.54 Å². The molecule has 0 unspecified atom stereocenters. The summed E-state index contributed by atoms with van der Waals surface area (Å²) in [5.41, 5.74) is 1.83. The molecule has 5 nitrogen and oxygen atoms in total. The minimum Gasteiger partial charge on any atom is -0.477 e. The first kappa shape index (κ1) is 9.74. The van der Waals surface area contributed by atoms with Gasteiger partial charge in [0.2, 0.25) is 0 Å². The van der Waals surface area contributed by atoms with Crippen LogP contribution in [0.4, 0.5) is 0 Å². The number of fused-ring (bicyclic) bond motifs is 1. The average molecular weight is 205 g/mol. The molecule has 0 spiro atoms. The van der Waals surface area contributed by atoms with Crippen LogP contribution in [0.5, 0.6) is 0 Å². The molecule has 0 saturated carbocycles. The normalized spacial score (nSPS) is 14.3. The Morgan fingerprint density at radius 2 is 2.53 bits per heavy atom. The van der Waals surface area contributed by atoms with E-state index in [-0.39, 0.29) is 12.2 Å². The van der Waals surface area contributed by atoms with Gasteiger partial charge in [0.15, 0.2) is 5.69 Å². The summed E-state index contributed by atoms with van der Waals surface area (Å²) in [5, 5.41) is 16.4. The lowest BCUT2D eigenvalue weighted by Gasteiger charge is -2.11. The number of hydrogen-bond donors (Lipinski definition) is 2. The van der Waals surface area contributed by atoms with Crippen LogP contribution in [0.2, 0.25) is 0 Å². The summed E-state index contributed by atoms with van der Waals surface area (Å²) in [6.45, 7) is 1.59. The zero-order chi connectivity index (χ0) is 10.8. The zero-order valence-electron chi connectivity index (χ0n) is 8.16. The molecule has 78 valence electrons.